The zero-order valence-electron chi connectivity index (χ0n) is 9.35. The number of aliphatic hydroxyl groups excluding tert-OH is 1. The van der Waals surface area contributed by atoms with Gasteiger partial charge in [-0.1, -0.05) is 31.3 Å². The molecular formula is C11H22OSi. The number of allylic oxidation sites excluding steroid dienone is 1. The van der Waals surface area contributed by atoms with Crippen LogP contribution in [0.5, 0.6) is 0 Å². The molecule has 1 nitrogen and oxygen atoms in total. The molecule has 0 bridgehead atoms. The van der Waals surface area contributed by atoms with Crippen molar-refractivity contribution in [3.8, 4) is 0 Å². The largest absolute Gasteiger partial charge is 0.389 e. The fraction of sp³-hybridized carbons (Fsp3) is 0.818. The summed E-state index contributed by atoms with van der Waals surface area (Å²) in [6.45, 7) is 9.31. The Morgan fingerprint density at radius 1 is 1.31 bits per heavy atom. The molecule has 1 unspecified atom stereocenters. The van der Waals surface area contributed by atoms with Gasteiger partial charge in [0, 0.05) is 0 Å². The summed E-state index contributed by atoms with van der Waals surface area (Å²) in [4.78, 5) is 0. The van der Waals surface area contributed by atoms with Crippen LogP contribution < -0.4 is 0 Å². The van der Waals surface area contributed by atoms with Crippen molar-refractivity contribution in [1.29, 1.82) is 0 Å². The molecule has 0 spiro atoms. The second-order valence-corrected chi connectivity index (χ2v) is 10.4. The van der Waals surface area contributed by atoms with Gasteiger partial charge < -0.3 is 5.11 Å². The van der Waals surface area contributed by atoms with Gasteiger partial charge in [-0.25, -0.2) is 0 Å². The SMILES string of the molecule is C/C(=C1/CCCCC1O)[Si](C)(C)C. The first-order valence-corrected chi connectivity index (χ1v) is 8.81. The van der Waals surface area contributed by atoms with Gasteiger partial charge in [-0.15, -0.1) is 0 Å². The van der Waals surface area contributed by atoms with Gasteiger partial charge in [0.15, 0.2) is 0 Å². The highest BCUT2D eigenvalue weighted by atomic mass is 28.3. The summed E-state index contributed by atoms with van der Waals surface area (Å²) in [6, 6.07) is 0. The Morgan fingerprint density at radius 2 is 1.92 bits per heavy atom. The molecule has 1 rings (SSSR count). The molecule has 0 saturated heterocycles. The van der Waals surface area contributed by atoms with Crippen molar-refractivity contribution < 1.29 is 5.11 Å². The van der Waals surface area contributed by atoms with Crippen molar-refractivity contribution in [3.05, 3.63) is 10.8 Å². The number of rotatable bonds is 1. The Kier molecular flexibility index (Phi) is 3.36. The van der Waals surface area contributed by atoms with E-state index in [1.165, 1.54) is 23.6 Å². The molecule has 1 N–H and O–H groups in total. The third-order valence-electron chi connectivity index (χ3n) is 3.18. The van der Waals surface area contributed by atoms with Gasteiger partial charge in [0.1, 0.15) is 0 Å². The average Bonchev–Trinajstić information content (AvgIpc) is 2.02. The van der Waals surface area contributed by atoms with Crippen molar-refractivity contribution in [3.63, 3.8) is 0 Å². The molecule has 76 valence electrons. The van der Waals surface area contributed by atoms with E-state index in [4.69, 9.17) is 0 Å². The molecule has 1 saturated carbocycles. The van der Waals surface area contributed by atoms with E-state index >= 15 is 0 Å². The molecular weight excluding hydrogens is 176 g/mol. The number of hydrogen-bond donors (Lipinski definition) is 1. The molecule has 0 aromatic heterocycles. The van der Waals surface area contributed by atoms with Crippen LogP contribution in [0.1, 0.15) is 32.6 Å². The van der Waals surface area contributed by atoms with Crippen LogP contribution in [0.4, 0.5) is 0 Å². The van der Waals surface area contributed by atoms with Crippen LogP contribution in [0.2, 0.25) is 19.6 Å². The molecule has 1 fully saturated rings. The standard InChI is InChI=1S/C11H22OSi/c1-9(13(2,3)4)10-7-5-6-8-11(10)12/h11-12H,5-8H2,1-4H3/b10-9+. The summed E-state index contributed by atoms with van der Waals surface area (Å²) < 4.78 is 0. The van der Waals surface area contributed by atoms with Gasteiger partial charge in [-0.05, 0) is 31.8 Å². The van der Waals surface area contributed by atoms with E-state index in [-0.39, 0.29) is 6.10 Å². The van der Waals surface area contributed by atoms with Crippen molar-refractivity contribution in [2.45, 2.75) is 58.4 Å². The highest BCUT2D eigenvalue weighted by Crippen LogP contribution is 2.30. The third-order valence-corrected chi connectivity index (χ3v) is 5.75. The quantitative estimate of drug-likeness (QED) is 0.642. The highest BCUT2D eigenvalue weighted by molar-refractivity contribution is 6.83. The predicted octanol–water partition coefficient (Wildman–Crippen LogP) is 3.12. The van der Waals surface area contributed by atoms with Crippen molar-refractivity contribution in [2.24, 2.45) is 0 Å². The summed E-state index contributed by atoms with van der Waals surface area (Å²) in [7, 11) is -1.17. The predicted molar refractivity (Wildman–Crippen MR) is 60.5 cm³/mol. The van der Waals surface area contributed by atoms with Gasteiger partial charge >= 0.3 is 0 Å². The van der Waals surface area contributed by atoms with Gasteiger partial charge in [0.25, 0.3) is 0 Å². The molecule has 0 aliphatic heterocycles. The molecule has 0 radical (unpaired) electrons. The van der Waals surface area contributed by atoms with Crippen LogP contribution in [-0.2, 0) is 0 Å². The molecule has 1 atom stereocenters. The van der Waals surface area contributed by atoms with E-state index in [2.05, 4.69) is 26.6 Å². The van der Waals surface area contributed by atoms with Crippen LogP contribution in [-0.4, -0.2) is 19.3 Å². The van der Waals surface area contributed by atoms with E-state index in [0.29, 0.717) is 0 Å². The van der Waals surface area contributed by atoms with Gasteiger partial charge in [-0.3, -0.25) is 0 Å². The topological polar surface area (TPSA) is 20.2 Å². The molecule has 2 heteroatoms. The molecule has 13 heavy (non-hydrogen) atoms. The van der Waals surface area contributed by atoms with E-state index in [1.54, 1.807) is 0 Å². The Hall–Kier alpha value is -0.0831. The molecule has 1 aliphatic rings. The first kappa shape index (κ1) is 11.0. The summed E-state index contributed by atoms with van der Waals surface area (Å²) >= 11 is 0. The monoisotopic (exact) mass is 198 g/mol. The van der Waals surface area contributed by atoms with Crippen molar-refractivity contribution >= 4 is 8.07 Å². The zero-order valence-corrected chi connectivity index (χ0v) is 10.4. The maximum atomic E-state index is 9.87. The minimum absolute atomic E-state index is 0.125. The molecule has 1 aliphatic carbocycles. The van der Waals surface area contributed by atoms with E-state index < -0.39 is 8.07 Å². The molecule has 0 amide bonds. The lowest BCUT2D eigenvalue weighted by Gasteiger charge is -2.28. The lowest BCUT2D eigenvalue weighted by Crippen LogP contribution is -2.28. The summed E-state index contributed by atoms with van der Waals surface area (Å²) in [6.07, 6.45) is 4.47. The smallest absolute Gasteiger partial charge is 0.0749 e. The van der Waals surface area contributed by atoms with E-state index in [0.717, 1.165) is 12.8 Å². The number of hydrogen-bond acceptors (Lipinski definition) is 1. The first-order chi connectivity index (χ1) is 5.93. The first-order valence-electron chi connectivity index (χ1n) is 5.31. The summed E-state index contributed by atoms with van der Waals surface area (Å²) in [5, 5.41) is 11.4. The molecule has 0 aromatic carbocycles. The van der Waals surface area contributed by atoms with Crippen LogP contribution in [0.3, 0.4) is 0 Å². The summed E-state index contributed by atoms with van der Waals surface area (Å²) in [5.74, 6) is 0. The zero-order chi connectivity index (χ0) is 10.1. The minimum Gasteiger partial charge on any atom is -0.389 e. The Bertz CT molecular complexity index is 213. The lowest BCUT2D eigenvalue weighted by atomic mass is 9.92. The maximum absolute atomic E-state index is 9.87. The van der Waals surface area contributed by atoms with Crippen LogP contribution in [0.25, 0.3) is 0 Å². The molecule has 0 aromatic rings. The lowest BCUT2D eigenvalue weighted by molar-refractivity contribution is 0.178. The van der Waals surface area contributed by atoms with Gasteiger partial charge in [0.05, 0.1) is 14.2 Å². The Labute approximate surface area is 82.9 Å². The fourth-order valence-electron chi connectivity index (χ4n) is 1.91. The van der Waals surface area contributed by atoms with Gasteiger partial charge in [0.2, 0.25) is 0 Å². The Morgan fingerprint density at radius 3 is 2.38 bits per heavy atom. The highest BCUT2D eigenvalue weighted by Gasteiger charge is 2.24. The minimum atomic E-state index is -1.17. The van der Waals surface area contributed by atoms with Crippen LogP contribution in [0.15, 0.2) is 10.8 Å². The average molecular weight is 198 g/mol. The second kappa shape index (κ2) is 3.97. The van der Waals surface area contributed by atoms with Crippen LogP contribution >= 0.6 is 0 Å². The maximum Gasteiger partial charge on any atom is 0.0749 e. The molecule has 0 heterocycles. The van der Waals surface area contributed by atoms with Crippen molar-refractivity contribution in [1.82, 2.24) is 0 Å². The second-order valence-electron chi connectivity index (χ2n) is 5.16. The third kappa shape index (κ3) is 2.68. The van der Waals surface area contributed by atoms with Crippen LogP contribution in [0, 0.1) is 0 Å². The fourth-order valence-corrected chi connectivity index (χ4v) is 3.17. The van der Waals surface area contributed by atoms with Gasteiger partial charge in [-0.2, -0.15) is 0 Å². The summed E-state index contributed by atoms with van der Waals surface area (Å²) in [5.41, 5.74) is 1.37. The normalized spacial score (nSPS) is 28.8. The van der Waals surface area contributed by atoms with Crippen molar-refractivity contribution in [2.75, 3.05) is 0 Å². The Balaban J connectivity index is 2.88. The number of aliphatic hydroxyl groups is 1. The van der Waals surface area contributed by atoms with E-state index in [1.807, 2.05) is 0 Å². The van der Waals surface area contributed by atoms with E-state index in [9.17, 15) is 5.11 Å².